The molecule has 1 aliphatic rings. The first-order valence-electron chi connectivity index (χ1n) is 6.05. The van der Waals surface area contributed by atoms with Crippen molar-refractivity contribution in [2.24, 2.45) is 0 Å². The molecule has 0 radical (unpaired) electrons. The minimum Gasteiger partial charge on any atom is -0.294 e. The van der Waals surface area contributed by atoms with Crippen LogP contribution in [0.15, 0.2) is 28.1 Å². The number of fused-ring (bicyclic) bond motifs is 1. The summed E-state index contributed by atoms with van der Waals surface area (Å²) in [5.74, 6) is -0.965. The van der Waals surface area contributed by atoms with Crippen LogP contribution in [-0.2, 0) is 19.5 Å². The Morgan fingerprint density at radius 2 is 2.11 bits per heavy atom. The lowest BCUT2D eigenvalue weighted by atomic mass is 10.1. The standard InChI is InChI=1S/C14H12BrF2NS/c15-11-1-2-12(16)10(14(11)17)8-18-5-3-13-9(7-18)4-6-19-13/h1-2,4,6H,3,5,7-8H2. The summed E-state index contributed by atoms with van der Waals surface area (Å²) in [4.78, 5) is 3.48. The largest absolute Gasteiger partial charge is 0.294 e. The molecule has 1 nitrogen and oxygen atoms in total. The van der Waals surface area contributed by atoms with Gasteiger partial charge in [-0.3, -0.25) is 4.90 Å². The van der Waals surface area contributed by atoms with E-state index < -0.39 is 11.6 Å². The van der Waals surface area contributed by atoms with Crippen LogP contribution in [-0.4, -0.2) is 11.4 Å². The van der Waals surface area contributed by atoms with Gasteiger partial charge in [0.1, 0.15) is 11.6 Å². The van der Waals surface area contributed by atoms with Crippen LogP contribution in [0.1, 0.15) is 16.0 Å². The maximum atomic E-state index is 13.9. The van der Waals surface area contributed by atoms with Crippen LogP contribution in [0.25, 0.3) is 0 Å². The Hall–Kier alpha value is -0.780. The Balaban J connectivity index is 1.82. The highest BCUT2D eigenvalue weighted by Crippen LogP contribution is 2.27. The van der Waals surface area contributed by atoms with Crippen molar-refractivity contribution in [2.75, 3.05) is 6.54 Å². The van der Waals surface area contributed by atoms with Gasteiger partial charge in [-0.15, -0.1) is 11.3 Å². The number of thiophene rings is 1. The van der Waals surface area contributed by atoms with Gasteiger partial charge in [0, 0.05) is 30.1 Å². The topological polar surface area (TPSA) is 3.24 Å². The van der Waals surface area contributed by atoms with Gasteiger partial charge in [-0.05, 0) is 51.5 Å². The number of hydrogen-bond acceptors (Lipinski definition) is 2. The van der Waals surface area contributed by atoms with Crippen molar-refractivity contribution >= 4 is 27.3 Å². The minimum atomic E-state index is -0.490. The molecule has 0 spiro atoms. The van der Waals surface area contributed by atoms with E-state index >= 15 is 0 Å². The van der Waals surface area contributed by atoms with E-state index in [2.05, 4.69) is 32.3 Å². The normalized spacial score (nSPS) is 15.5. The summed E-state index contributed by atoms with van der Waals surface area (Å²) >= 11 is 4.87. The summed E-state index contributed by atoms with van der Waals surface area (Å²) in [5, 5.41) is 2.08. The minimum absolute atomic E-state index is 0.146. The first-order chi connectivity index (χ1) is 9.15. The fourth-order valence-corrected chi connectivity index (χ4v) is 3.64. The molecule has 0 aliphatic carbocycles. The quantitative estimate of drug-likeness (QED) is 0.733. The molecule has 100 valence electrons. The van der Waals surface area contributed by atoms with Gasteiger partial charge >= 0.3 is 0 Å². The van der Waals surface area contributed by atoms with Crippen LogP contribution in [0.3, 0.4) is 0 Å². The van der Waals surface area contributed by atoms with Gasteiger partial charge in [-0.25, -0.2) is 8.78 Å². The molecule has 0 unspecified atom stereocenters. The molecule has 1 aromatic carbocycles. The zero-order chi connectivity index (χ0) is 13.4. The zero-order valence-electron chi connectivity index (χ0n) is 10.1. The highest BCUT2D eigenvalue weighted by molar-refractivity contribution is 9.10. The molecule has 1 aromatic heterocycles. The van der Waals surface area contributed by atoms with Crippen molar-refractivity contribution in [2.45, 2.75) is 19.5 Å². The van der Waals surface area contributed by atoms with E-state index in [1.165, 1.54) is 22.6 Å². The molecular formula is C14H12BrF2NS. The van der Waals surface area contributed by atoms with Crippen LogP contribution in [0, 0.1) is 11.6 Å². The number of rotatable bonds is 2. The summed E-state index contributed by atoms with van der Waals surface area (Å²) in [7, 11) is 0. The second kappa shape index (κ2) is 5.31. The predicted molar refractivity (Wildman–Crippen MR) is 76.2 cm³/mol. The van der Waals surface area contributed by atoms with E-state index in [-0.39, 0.29) is 5.56 Å². The van der Waals surface area contributed by atoms with E-state index in [9.17, 15) is 8.78 Å². The molecule has 1 aliphatic heterocycles. The summed E-state index contributed by atoms with van der Waals surface area (Å²) in [6, 6.07) is 4.81. The highest BCUT2D eigenvalue weighted by Gasteiger charge is 2.20. The van der Waals surface area contributed by atoms with E-state index in [0.717, 1.165) is 19.5 Å². The highest BCUT2D eigenvalue weighted by atomic mass is 79.9. The van der Waals surface area contributed by atoms with E-state index in [1.54, 1.807) is 11.3 Å². The first kappa shape index (κ1) is 13.2. The zero-order valence-corrected chi connectivity index (χ0v) is 12.5. The maximum Gasteiger partial charge on any atom is 0.144 e. The Morgan fingerprint density at radius 1 is 1.26 bits per heavy atom. The molecule has 0 saturated heterocycles. The van der Waals surface area contributed by atoms with Gasteiger partial charge in [-0.1, -0.05) is 0 Å². The molecule has 0 N–H and O–H groups in total. The van der Waals surface area contributed by atoms with E-state index in [0.29, 0.717) is 11.0 Å². The van der Waals surface area contributed by atoms with Crippen LogP contribution < -0.4 is 0 Å². The second-order valence-corrected chi connectivity index (χ2v) is 6.51. The fourth-order valence-electron chi connectivity index (χ4n) is 2.38. The van der Waals surface area contributed by atoms with Gasteiger partial charge < -0.3 is 0 Å². The molecule has 19 heavy (non-hydrogen) atoms. The van der Waals surface area contributed by atoms with Crippen molar-refractivity contribution < 1.29 is 8.78 Å². The van der Waals surface area contributed by atoms with Crippen molar-refractivity contribution in [3.63, 3.8) is 0 Å². The summed E-state index contributed by atoms with van der Waals surface area (Å²) in [6.07, 6.45) is 0.963. The average Bonchev–Trinajstić information content (AvgIpc) is 2.86. The first-order valence-corrected chi connectivity index (χ1v) is 7.72. The molecule has 0 amide bonds. The molecule has 3 rings (SSSR count). The van der Waals surface area contributed by atoms with Crippen LogP contribution >= 0.6 is 27.3 Å². The molecule has 0 bridgehead atoms. The molecule has 0 fully saturated rings. The molecular weight excluding hydrogens is 332 g/mol. The van der Waals surface area contributed by atoms with Crippen LogP contribution in [0.2, 0.25) is 0 Å². The van der Waals surface area contributed by atoms with Gasteiger partial charge in [0.05, 0.1) is 4.47 Å². The van der Waals surface area contributed by atoms with E-state index in [1.807, 2.05) is 0 Å². The molecule has 2 heterocycles. The van der Waals surface area contributed by atoms with Crippen LogP contribution in [0.5, 0.6) is 0 Å². The third-order valence-corrected chi connectivity index (χ3v) is 5.04. The molecule has 2 aromatic rings. The summed E-state index contributed by atoms with van der Waals surface area (Å²) < 4.78 is 28.0. The van der Waals surface area contributed by atoms with Crippen molar-refractivity contribution in [3.8, 4) is 0 Å². The van der Waals surface area contributed by atoms with E-state index in [4.69, 9.17) is 0 Å². The third-order valence-electron chi connectivity index (χ3n) is 3.41. The van der Waals surface area contributed by atoms with Crippen molar-refractivity contribution in [1.82, 2.24) is 4.90 Å². The van der Waals surface area contributed by atoms with Gasteiger partial charge in [0.15, 0.2) is 0 Å². The smallest absolute Gasteiger partial charge is 0.144 e. The maximum absolute atomic E-state index is 13.9. The summed E-state index contributed by atoms with van der Waals surface area (Å²) in [5.41, 5.74) is 1.43. The Bertz CT molecular complexity index is 611. The molecule has 0 atom stereocenters. The number of nitrogens with zero attached hydrogens (tertiary/aromatic N) is 1. The van der Waals surface area contributed by atoms with Gasteiger partial charge in [0.2, 0.25) is 0 Å². The lowest BCUT2D eigenvalue weighted by Crippen LogP contribution is -2.29. The summed E-state index contributed by atoms with van der Waals surface area (Å²) in [6.45, 7) is 1.93. The fraction of sp³-hybridized carbons (Fsp3) is 0.286. The van der Waals surface area contributed by atoms with Gasteiger partial charge in [0.25, 0.3) is 0 Å². The van der Waals surface area contributed by atoms with Crippen molar-refractivity contribution in [3.05, 3.63) is 55.7 Å². The Morgan fingerprint density at radius 3 is 2.95 bits per heavy atom. The lowest BCUT2D eigenvalue weighted by molar-refractivity contribution is 0.240. The second-order valence-electron chi connectivity index (χ2n) is 4.65. The van der Waals surface area contributed by atoms with Crippen molar-refractivity contribution in [1.29, 1.82) is 0 Å². The average molecular weight is 344 g/mol. The number of halogens is 3. The molecule has 5 heteroatoms. The lowest BCUT2D eigenvalue weighted by Gasteiger charge is -2.27. The Kier molecular flexibility index (Phi) is 3.69. The third kappa shape index (κ3) is 2.59. The monoisotopic (exact) mass is 343 g/mol. The predicted octanol–water partition coefficient (Wildman–Crippen LogP) is 4.35. The SMILES string of the molecule is Fc1ccc(Br)c(F)c1CN1CCc2sccc2C1. The number of benzene rings is 1. The number of hydrogen-bond donors (Lipinski definition) is 0. The Labute approximate surface area is 123 Å². The molecule has 0 saturated carbocycles. The van der Waals surface area contributed by atoms with Gasteiger partial charge in [-0.2, -0.15) is 0 Å². The van der Waals surface area contributed by atoms with Crippen LogP contribution in [0.4, 0.5) is 8.78 Å².